The van der Waals surface area contributed by atoms with E-state index in [-0.39, 0.29) is 17.0 Å². The van der Waals surface area contributed by atoms with Gasteiger partial charge in [-0.25, -0.2) is 4.68 Å². The van der Waals surface area contributed by atoms with Crippen LogP contribution in [0.3, 0.4) is 0 Å². The van der Waals surface area contributed by atoms with E-state index in [1.54, 1.807) is 25.1 Å². The average molecular weight is 263 g/mol. The monoisotopic (exact) mass is 262 g/mol. The van der Waals surface area contributed by atoms with Gasteiger partial charge in [-0.15, -0.1) is 0 Å². The molecule has 0 bridgehead atoms. The first kappa shape index (κ1) is 12.3. The molecule has 0 unspecified atom stereocenters. The highest BCUT2D eigenvalue weighted by Gasteiger charge is 2.11. The van der Waals surface area contributed by atoms with Crippen molar-refractivity contribution in [3.05, 3.63) is 57.0 Å². The van der Waals surface area contributed by atoms with Crippen molar-refractivity contribution in [2.24, 2.45) is 5.73 Å². The molecule has 0 aliphatic heterocycles. The second-order valence-corrected chi connectivity index (χ2v) is 4.18. The molecule has 0 radical (unpaired) electrons. The van der Waals surface area contributed by atoms with E-state index in [9.17, 15) is 4.79 Å². The third kappa shape index (κ3) is 2.12. The molecule has 6 heteroatoms. The Morgan fingerprint density at radius 2 is 2.11 bits per heavy atom. The fourth-order valence-corrected chi connectivity index (χ4v) is 1.82. The minimum atomic E-state index is -0.372. The number of aromatic nitrogens is 2. The van der Waals surface area contributed by atoms with Gasteiger partial charge in [0, 0.05) is 11.8 Å². The standard InChI is InChI=1S/C12H11ClN4O/c1-7-6-10(18)11(12(14)15)16-17(7)9-5-3-2-4-8(9)13/h2-6H,1H3,(H3,14,15). The van der Waals surface area contributed by atoms with Gasteiger partial charge in [-0.2, -0.15) is 5.10 Å². The molecule has 1 aromatic carbocycles. The van der Waals surface area contributed by atoms with Gasteiger partial charge in [0.1, 0.15) is 5.84 Å². The first-order chi connectivity index (χ1) is 8.50. The molecule has 0 atom stereocenters. The maximum atomic E-state index is 11.6. The summed E-state index contributed by atoms with van der Waals surface area (Å²) < 4.78 is 1.50. The van der Waals surface area contributed by atoms with Gasteiger partial charge in [0.05, 0.1) is 10.7 Å². The summed E-state index contributed by atoms with van der Waals surface area (Å²) in [6.07, 6.45) is 0. The minimum Gasteiger partial charge on any atom is -0.382 e. The molecule has 18 heavy (non-hydrogen) atoms. The van der Waals surface area contributed by atoms with Crippen LogP contribution in [0.15, 0.2) is 35.1 Å². The number of para-hydroxylation sites is 1. The number of benzene rings is 1. The van der Waals surface area contributed by atoms with E-state index < -0.39 is 0 Å². The van der Waals surface area contributed by atoms with E-state index in [1.807, 2.05) is 6.07 Å². The van der Waals surface area contributed by atoms with Gasteiger partial charge in [-0.3, -0.25) is 10.2 Å². The van der Waals surface area contributed by atoms with E-state index in [0.29, 0.717) is 16.4 Å². The first-order valence-corrected chi connectivity index (χ1v) is 5.59. The van der Waals surface area contributed by atoms with E-state index in [2.05, 4.69) is 5.10 Å². The lowest BCUT2D eigenvalue weighted by atomic mass is 10.2. The molecule has 0 fully saturated rings. The Labute approximate surface area is 108 Å². The Bertz CT molecular complexity index is 678. The first-order valence-electron chi connectivity index (χ1n) is 5.21. The van der Waals surface area contributed by atoms with Gasteiger partial charge in [0.15, 0.2) is 5.69 Å². The van der Waals surface area contributed by atoms with Crippen LogP contribution in [0.1, 0.15) is 11.4 Å². The molecule has 2 rings (SSSR count). The zero-order valence-electron chi connectivity index (χ0n) is 9.64. The summed E-state index contributed by atoms with van der Waals surface area (Å²) in [5, 5.41) is 11.9. The molecule has 0 spiro atoms. The number of nitrogens with two attached hydrogens (primary N) is 1. The molecule has 1 heterocycles. The van der Waals surface area contributed by atoms with Crippen LogP contribution in [0, 0.1) is 12.3 Å². The van der Waals surface area contributed by atoms with E-state index in [4.69, 9.17) is 22.7 Å². The highest BCUT2D eigenvalue weighted by atomic mass is 35.5. The van der Waals surface area contributed by atoms with Crippen LogP contribution in [0.5, 0.6) is 0 Å². The van der Waals surface area contributed by atoms with Crippen LogP contribution in [-0.2, 0) is 0 Å². The van der Waals surface area contributed by atoms with Crippen molar-refractivity contribution in [2.75, 3.05) is 0 Å². The third-order valence-electron chi connectivity index (χ3n) is 2.44. The molecular formula is C12H11ClN4O. The van der Waals surface area contributed by atoms with E-state index in [1.165, 1.54) is 10.7 Å². The Kier molecular flexibility index (Phi) is 3.16. The molecule has 1 aromatic heterocycles. The summed E-state index contributed by atoms with van der Waals surface area (Å²) in [5.74, 6) is -0.360. The maximum Gasteiger partial charge on any atom is 0.211 e. The largest absolute Gasteiger partial charge is 0.382 e. The quantitative estimate of drug-likeness (QED) is 0.635. The van der Waals surface area contributed by atoms with Crippen molar-refractivity contribution in [3.8, 4) is 5.69 Å². The number of nitrogens with zero attached hydrogens (tertiary/aromatic N) is 2. The van der Waals surface area contributed by atoms with Crippen molar-refractivity contribution in [1.29, 1.82) is 5.41 Å². The van der Waals surface area contributed by atoms with Gasteiger partial charge in [0.25, 0.3) is 0 Å². The topological polar surface area (TPSA) is 84.8 Å². The number of amidine groups is 1. The summed E-state index contributed by atoms with van der Waals surface area (Å²) in [6, 6.07) is 8.50. The Morgan fingerprint density at radius 3 is 2.72 bits per heavy atom. The minimum absolute atomic E-state index is 0.0829. The lowest BCUT2D eigenvalue weighted by Crippen LogP contribution is -2.27. The predicted molar refractivity (Wildman–Crippen MR) is 70.6 cm³/mol. The predicted octanol–water partition coefficient (Wildman–Crippen LogP) is 1.48. The number of nitrogens with one attached hydrogen (secondary N) is 1. The zero-order valence-corrected chi connectivity index (χ0v) is 10.4. The molecule has 3 N–H and O–H groups in total. The van der Waals surface area contributed by atoms with Crippen molar-refractivity contribution in [1.82, 2.24) is 9.78 Å². The molecular weight excluding hydrogens is 252 g/mol. The number of halogens is 1. The van der Waals surface area contributed by atoms with Crippen molar-refractivity contribution in [2.45, 2.75) is 6.92 Å². The lowest BCUT2D eigenvalue weighted by molar-refractivity contribution is 0.792. The number of hydrogen-bond acceptors (Lipinski definition) is 3. The van der Waals surface area contributed by atoms with Crippen molar-refractivity contribution < 1.29 is 0 Å². The van der Waals surface area contributed by atoms with Crippen molar-refractivity contribution >= 4 is 17.4 Å². The van der Waals surface area contributed by atoms with E-state index >= 15 is 0 Å². The van der Waals surface area contributed by atoms with Crippen molar-refractivity contribution in [3.63, 3.8) is 0 Å². The highest BCUT2D eigenvalue weighted by molar-refractivity contribution is 6.32. The molecule has 0 aliphatic carbocycles. The molecule has 92 valence electrons. The molecule has 0 aliphatic rings. The van der Waals surface area contributed by atoms with Crippen LogP contribution in [0.25, 0.3) is 5.69 Å². The van der Waals surface area contributed by atoms with Crippen LogP contribution in [0.2, 0.25) is 5.02 Å². The lowest BCUT2D eigenvalue weighted by Gasteiger charge is -2.11. The second kappa shape index (κ2) is 4.62. The van der Waals surface area contributed by atoms with E-state index in [0.717, 1.165) is 0 Å². The van der Waals surface area contributed by atoms with Crippen LogP contribution < -0.4 is 11.2 Å². The number of aryl methyl sites for hydroxylation is 1. The summed E-state index contributed by atoms with van der Waals surface area (Å²) in [4.78, 5) is 11.6. The Hall–Kier alpha value is -2.14. The fourth-order valence-electron chi connectivity index (χ4n) is 1.60. The number of hydrogen-bond donors (Lipinski definition) is 2. The molecule has 0 saturated carbocycles. The Morgan fingerprint density at radius 1 is 1.44 bits per heavy atom. The molecule has 5 nitrogen and oxygen atoms in total. The Balaban J connectivity index is 2.73. The fraction of sp³-hybridized carbons (Fsp3) is 0.0833. The normalized spacial score (nSPS) is 10.3. The van der Waals surface area contributed by atoms with Crippen LogP contribution >= 0.6 is 11.6 Å². The third-order valence-corrected chi connectivity index (χ3v) is 2.76. The smallest absolute Gasteiger partial charge is 0.211 e. The molecule has 0 saturated heterocycles. The van der Waals surface area contributed by atoms with Crippen LogP contribution in [-0.4, -0.2) is 15.6 Å². The summed E-state index contributed by atoms with van der Waals surface area (Å²) in [5.41, 5.74) is 6.13. The summed E-state index contributed by atoms with van der Waals surface area (Å²) in [6.45, 7) is 1.74. The maximum absolute atomic E-state index is 11.6. The SMILES string of the molecule is Cc1cc(=O)c(C(=N)N)nn1-c1ccccc1Cl. The molecule has 2 aromatic rings. The summed E-state index contributed by atoms with van der Waals surface area (Å²) >= 11 is 6.08. The van der Waals surface area contributed by atoms with Gasteiger partial charge in [-0.05, 0) is 19.1 Å². The average Bonchev–Trinajstić information content (AvgIpc) is 2.30. The summed E-state index contributed by atoms with van der Waals surface area (Å²) in [7, 11) is 0. The van der Waals surface area contributed by atoms with Gasteiger partial charge >= 0.3 is 0 Å². The number of rotatable bonds is 2. The second-order valence-electron chi connectivity index (χ2n) is 3.78. The molecule has 0 amide bonds. The number of nitrogen functional groups attached to an aromatic ring is 1. The van der Waals surface area contributed by atoms with Gasteiger partial charge in [0.2, 0.25) is 5.43 Å². The van der Waals surface area contributed by atoms with Crippen LogP contribution in [0.4, 0.5) is 0 Å². The zero-order chi connectivity index (χ0) is 13.3. The highest BCUT2D eigenvalue weighted by Crippen LogP contribution is 2.19. The van der Waals surface area contributed by atoms with Gasteiger partial charge < -0.3 is 5.73 Å². The van der Waals surface area contributed by atoms with Gasteiger partial charge in [-0.1, -0.05) is 23.7 Å².